The molecule has 2 unspecified atom stereocenters. The highest BCUT2D eigenvalue weighted by atomic mass is 16.3. The van der Waals surface area contributed by atoms with Crippen LogP contribution in [-0.2, 0) is 9.59 Å². The van der Waals surface area contributed by atoms with E-state index in [1.54, 1.807) is 0 Å². The van der Waals surface area contributed by atoms with Crippen LogP contribution in [0.15, 0.2) is 0 Å². The molecule has 124 valence electrons. The Morgan fingerprint density at radius 1 is 1.27 bits per heavy atom. The molecule has 5 N–H and O–H groups in total. The zero-order valence-corrected chi connectivity index (χ0v) is 12.6. The van der Waals surface area contributed by atoms with Gasteiger partial charge in [-0.05, 0) is 18.8 Å². The summed E-state index contributed by atoms with van der Waals surface area (Å²) in [7, 11) is 0. The summed E-state index contributed by atoms with van der Waals surface area (Å²) in [6, 6.07) is -2.12. The van der Waals surface area contributed by atoms with Crippen LogP contribution in [0.5, 0.6) is 0 Å². The van der Waals surface area contributed by atoms with E-state index in [4.69, 9.17) is 0 Å². The average molecular weight is 312 g/mol. The van der Waals surface area contributed by atoms with E-state index in [0.717, 1.165) is 12.8 Å². The number of carbonyl (C=O) groups is 3. The maximum Gasteiger partial charge on any atom is 0.315 e. The van der Waals surface area contributed by atoms with Gasteiger partial charge in [0.25, 0.3) is 0 Å². The fraction of sp³-hybridized carbons (Fsp3) is 0.786. The summed E-state index contributed by atoms with van der Waals surface area (Å²) in [4.78, 5) is 35.0. The van der Waals surface area contributed by atoms with Crippen molar-refractivity contribution in [3.63, 3.8) is 0 Å². The van der Waals surface area contributed by atoms with Crippen LogP contribution < -0.4 is 21.3 Å². The molecule has 8 nitrogen and oxygen atoms in total. The molecule has 0 radical (unpaired) electrons. The molecule has 1 aliphatic heterocycles. The summed E-state index contributed by atoms with van der Waals surface area (Å²) in [5.74, 6) is -0.394. The van der Waals surface area contributed by atoms with Crippen LogP contribution in [0.1, 0.15) is 32.1 Å². The molecule has 0 bridgehead atoms. The first-order valence-electron chi connectivity index (χ1n) is 7.83. The summed E-state index contributed by atoms with van der Waals surface area (Å²) in [5.41, 5.74) is 0. The van der Waals surface area contributed by atoms with Crippen molar-refractivity contribution in [1.82, 2.24) is 21.3 Å². The lowest BCUT2D eigenvalue weighted by molar-refractivity contribution is -0.130. The molecule has 8 heteroatoms. The van der Waals surface area contributed by atoms with Gasteiger partial charge in [-0.15, -0.1) is 0 Å². The standard InChI is InChI=1S/C14H24N4O4/c19-8-11(17-13(21)10-7-16-14(22)18-10)12(20)15-6-9-4-2-1-3-5-9/h9-11,19H,1-8H2,(H,15,20)(H,17,21)(H2,16,18,22). The van der Waals surface area contributed by atoms with Gasteiger partial charge in [-0.25, -0.2) is 4.79 Å². The summed E-state index contributed by atoms with van der Waals surface area (Å²) in [5, 5.41) is 19.4. The fourth-order valence-corrected chi connectivity index (χ4v) is 2.84. The Morgan fingerprint density at radius 2 is 2.00 bits per heavy atom. The van der Waals surface area contributed by atoms with Crippen LogP contribution >= 0.6 is 0 Å². The summed E-state index contributed by atoms with van der Waals surface area (Å²) >= 11 is 0. The molecular weight excluding hydrogens is 288 g/mol. The molecule has 2 atom stereocenters. The van der Waals surface area contributed by atoms with E-state index in [1.165, 1.54) is 19.3 Å². The Kier molecular flexibility index (Phi) is 6.00. The van der Waals surface area contributed by atoms with Crippen molar-refractivity contribution < 1.29 is 19.5 Å². The van der Waals surface area contributed by atoms with Crippen LogP contribution in [0.25, 0.3) is 0 Å². The molecule has 1 saturated carbocycles. The second kappa shape index (κ2) is 7.98. The molecule has 2 fully saturated rings. The van der Waals surface area contributed by atoms with Gasteiger partial charge >= 0.3 is 6.03 Å². The minimum Gasteiger partial charge on any atom is -0.394 e. The van der Waals surface area contributed by atoms with E-state index >= 15 is 0 Å². The monoisotopic (exact) mass is 312 g/mol. The van der Waals surface area contributed by atoms with Gasteiger partial charge in [0.1, 0.15) is 12.1 Å². The van der Waals surface area contributed by atoms with Crippen LogP contribution in [0, 0.1) is 5.92 Å². The van der Waals surface area contributed by atoms with Gasteiger partial charge in [-0.1, -0.05) is 19.3 Å². The number of nitrogens with one attached hydrogen (secondary N) is 4. The SMILES string of the molecule is O=C1NCC(C(=O)NC(CO)C(=O)NCC2CCCCC2)N1. The third-order valence-electron chi connectivity index (χ3n) is 4.19. The predicted molar refractivity (Wildman–Crippen MR) is 78.9 cm³/mol. The van der Waals surface area contributed by atoms with Crippen LogP contribution in [0.2, 0.25) is 0 Å². The first kappa shape index (κ1) is 16.5. The van der Waals surface area contributed by atoms with Crippen LogP contribution in [0.4, 0.5) is 4.79 Å². The van der Waals surface area contributed by atoms with Gasteiger partial charge in [0.2, 0.25) is 11.8 Å². The Labute approximate surface area is 129 Å². The number of aliphatic hydroxyl groups excluding tert-OH is 1. The molecule has 0 aromatic heterocycles. The lowest BCUT2D eigenvalue weighted by atomic mass is 9.89. The van der Waals surface area contributed by atoms with Gasteiger partial charge < -0.3 is 26.4 Å². The molecule has 4 amide bonds. The van der Waals surface area contributed by atoms with Crippen LogP contribution in [0.3, 0.4) is 0 Å². The van der Waals surface area contributed by atoms with Crippen molar-refractivity contribution in [2.45, 2.75) is 44.2 Å². The third kappa shape index (κ3) is 4.59. The molecular formula is C14H24N4O4. The lowest BCUT2D eigenvalue weighted by Gasteiger charge is -2.23. The molecule has 1 saturated heterocycles. The highest BCUT2D eigenvalue weighted by Crippen LogP contribution is 2.22. The quantitative estimate of drug-likeness (QED) is 0.425. The Bertz CT molecular complexity index is 423. The number of aliphatic hydroxyl groups is 1. The van der Waals surface area contributed by atoms with E-state index in [-0.39, 0.29) is 6.54 Å². The van der Waals surface area contributed by atoms with Gasteiger partial charge in [-0.2, -0.15) is 0 Å². The second-order valence-corrected chi connectivity index (χ2v) is 5.90. The zero-order valence-electron chi connectivity index (χ0n) is 12.6. The molecule has 22 heavy (non-hydrogen) atoms. The summed E-state index contributed by atoms with van der Waals surface area (Å²) < 4.78 is 0. The first-order chi connectivity index (χ1) is 10.6. The van der Waals surface area contributed by atoms with E-state index in [0.29, 0.717) is 12.5 Å². The van der Waals surface area contributed by atoms with Gasteiger partial charge in [-0.3, -0.25) is 9.59 Å². The van der Waals surface area contributed by atoms with E-state index in [1.807, 2.05) is 0 Å². The van der Waals surface area contributed by atoms with Gasteiger partial charge in [0, 0.05) is 13.1 Å². The molecule has 1 heterocycles. The average Bonchev–Trinajstić information content (AvgIpc) is 2.97. The smallest absolute Gasteiger partial charge is 0.315 e. The molecule has 0 aromatic carbocycles. The number of carbonyl (C=O) groups excluding carboxylic acids is 3. The Balaban J connectivity index is 1.75. The lowest BCUT2D eigenvalue weighted by Crippen LogP contribution is -2.54. The number of amides is 4. The third-order valence-corrected chi connectivity index (χ3v) is 4.19. The maximum atomic E-state index is 12.0. The van der Waals surface area contributed by atoms with E-state index < -0.39 is 36.5 Å². The largest absolute Gasteiger partial charge is 0.394 e. The fourth-order valence-electron chi connectivity index (χ4n) is 2.84. The number of hydrogen-bond acceptors (Lipinski definition) is 4. The van der Waals surface area contributed by atoms with Crippen molar-refractivity contribution in [3.8, 4) is 0 Å². The van der Waals surface area contributed by atoms with Crippen molar-refractivity contribution >= 4 is 17.8 Å². The summed E-state index contributed by atoms with van der Waals surface area (Å²) in [6.07, 6.45) is 5.84. The van der Waals surface area contributed by atoms with Gasteiger partial charge in [0.15, 0.2) is 0 Å². The normalized spacial score (nSPS) is 23.3. The number of hydrogen-bond donors (Lipinski definition) is 5. The molecule has 0 aromatic rings. The molecule has 1 aliphatic carbocycles. The number of rotatable bonds is 6. The minimum atomic E-state index is -0.992. The predicted octanol–water partition coefficient (Wildman–Crippen LogP) is -1.16. The Hall–Kier alpha value is -1.83. The van der Waals surface area contributed by atoms with Crippen LogP contribution in [-0.4, -0.2) is 54.7 Å². The van der Waals surface area contributed by atoms with Crippen molar-refractivity contribution in [1.29, 1.82) is 0 Å². The Morgan fingerprint density at radius 3 is 2.59 bits per heavy atom. The number of urea groups is 1. The van der Waals surface area contributed by atoms with Crippen molar-refractivity contribution in [2.24, 2.45) is 5.92 Å². The maximum absolute atomic E-state index is 12.0. The van der Waals surface area contributed by atoms with Crippen molar-refractivity contribution in [2.75, 3.05) is 19.7 Å². The molecule has 2 rings (SSSR count). The highest BCUT2D eigenvalue weighted by molar-refractivity contribution is 5.93. The second-order valence-electron chi connectivity index (χ2n) is 5.90. The van der Waals surface area contributed by atoms with Crippen molar-refractivity contribution in [3.05, 3.63) is 0 Å². The minimum absolute atomic E-state index is 0.173. The van der Waals surface area contributed by atoms with E-state index in [2.05, 4.69) is 21.3 Å². The highest BCUT2D eigenvalue weighted by Gasteiger charge is 2.30. The topological polar surface area (TPSA) is 120 Å². The molecule has 0 spiro atoms. The first-order valence-corrected chi connectivity index (χ1v) is 7.83. The summed E-state index contributed by atoms with van der Waals surface area (Å²) in [6.45, 7) is 0.274. The van der Waals surface area contributed by atoms with E-state index in [9.17, 15) is 19.5 Å². The van der Waals surface area contributed by atoms with Gasteiger partial charge in [0.05, 0.1) is 6.61 Å². The zero-order chi connectivity index (χ0) is 15.9. The molecule has 2 aliphatic rings.